The third kappa shape index (κ3) is 4.48. The van der Waals surface area contributed by atoms with Gasteiger partial charge in [0, 0.05) is 25.4 Å². The summed E-state index contributed by atoms with van der Waals surface area (Å²) < 4.78 is 6.54. The minimum Gasteiger partial charge on any atom is -0.496 e. The second kappa shape index (κ2) is 9.30. The number of piperidine rings is 1. The van der Waals surface area contributed by atoms with Gasteiger partial charge in [0.2, 0.25) is 5.91 Å². The molecule has 0 saturated carbocycles. The van der Waals surface area contributed by atoms with Gasteiger partial charge in [-0.3, -0.25) is 14.5 Å². The summed E-state index contributed by atoms with van der Waals surface area (Å²) in [6, 6.07) is 14.9. The van der Waals surface area contributed by atoms with Crippen molar-refractivity contribution in [1.29, 1.82) is 0 Å². The van der Waals surface area contributed by atoms with E-state index in [0.717, 1.165) is 38.5 Å². The number of urea groups is 1. The number of imide groups is 1. The van der Waals surface area contributed by atoms with E-state index >= 15 is 0 Å². The normalized spacial score (nSPS) is 22.5. The number of nitrogens with one attached hydrogen (secondary N) is 1. The van der Waals surface area contributed by atoms with Crippen LogP contribution in [0.3, 0.4) is 0 Å². The van der Waals surface area contributed by atoms with Gasteiger partial charge in [-0.25, -0.2) is 9.78 Å². The second-order valence-corrected chi connectivity index (χ2v) is 10.4. The molecule has 1 N–H and O–H groups in total. The van der Waals surface area contributed by atoms with E-state index < -0.39 is 17.5 Å². The molecule has 8 nitrogen and oxygen atoms in total. The van der Waals surface area contributed by atoms with E-state index in [1.54, 1.807) is 30.3 Å². The van der Waals surface area contributed by atoms with Gasteiger partial charge in [-0.1, -0.05) is 30.3 Å². The molecule has 5 rings (SSSR count). The maximum Gasteiger partial charge on any atom is 0.325 e. The van der Waals surface area contributed by atoms with Gasteiger partial charge in [-0.05, 0) is 43.5 Å². The van der Waals surface area contributed by atoms with Crippen LogP contribution in [0.4, 0.5) is 4.79 Å². The maximum atomic E-state index is 13.3. The Bertz CT molecular complexity index is 1260. The Hall–Kier alpha value is -3.46. The molecule has 0 aliphatic carbocycles. The summed E-state index contributed by atoms with van der Waals surface area (Å²) in [5.41, 5.74) is 0.649. The predicted molar refractivity (Wildman–Crippen MR) is 134 cm³/mol. The molecule has 0 bridgehead atoms. The molecule has 4 amide bonds. The lowest BCUT2D eigenvalue weighted by Crippen LogP contribution is -2.48. The van der Waals surface area contributed by atoms with Crippen molar-refractivity contribution in [3.8, 4) is 5.75 Å². The number of carbonyl (C=O) groups is 3. The molecule has 3 aromatic rings. The van der Waals surface area contributed by atoms with Gasteiger partial charge in [-0.2, -0.15) is 0 Å². The molecule has 0 radical (unpaired) electrons. The molecule has 2 saturated heterocycles. The first-order valence-electron chi connectivity index (χ1n) is 11.8. The first-order valence-corrected chi connectivity index (χ1v) is 12.6. The van der Waals surface area contributed by atoms with E-state index in [-0.39, 0.29) is 24.8 Å². The van der Waals surface area contributed by atoms with E-state index in [1.165, 1.54) is 0 Å². The van der Waals surface area contributed by atoms with Crippen molar-refractivity contribution >= 4 is 39.4 Å². The Kier molecular flexibility index (Phi) is 6.19. The van der Waals surface area contributed by atoms with Crippen molar-refractivity contribution in [2.45, 2.75) is 37.6 Å². The number of carbonyl (C=O) groups excluding carboxylic acids is 3. The largest absolute Gasteiger partial charge is 0.496 e. The zero-order valence-electron chi connectivity index (χ0n) is 19.8. The summed E-state index contributed by atoms with van der Waals surface area (Å²) in [6.07, 6.45) is 2.09. The van der Waals surface area contributed by atoms with E-state index in [1.807, 2.05) is 42.5 Å². The number of rotatable bonds is 6. The number of benzene rings is 2. The molecular weight excluding hydrogens is 464 g/mol. The van der Waals surface area contributed by atoms with Crippen LogP contribution in [-0.2, 0) is 16.0 Å². The highest BCUT2D eigenvalue weighted by atomic mass is 32.1. The molecule has 2 aliphatic heterocycles. The van der Waals surface area contributed by atoms with E-state index in [2.05, 4.69) is 11.4 Å². The van der Waals surface area contributed by atoms with E-state index in [4.69, 9.17) is 9.72 Å². The van der Waals surface area contributed by atoms with Gasteiger partial charge in [0.1, 0.15) is 17.8 Å². The van der Waals surface area contributed by atoms with Crippen LogP contribution in [0.15, 0.2) is 48.5 Å². The van der Waals surface area contributed by atoms with Crippen LogP contribution in [0.25, 0.3) is 10.2 Å². The molecule has 9 heteroatoms. The van der Waals surface area contributed by atoms with Crippen molar-refractivity contribution in [3.05, 3.63) is 59.1 Å². The van der Waals surface area contributed by atoms with Crippen LogP contribution in [-0.4, -0.2) is 64.9 Å². The van der Waals surface area contributed by atoms with E-state index in [0.29, 0.717) is 18.8 Å². The molecular formula is C26H28N4O4S. The Balaban J connectivity index is 1.26. The fraction of sp³-hybridized carbons (Fsp3) is 0.385. The van der Waals surface area contributed by atoms with Gasteiger partial charge in [0.15, 0.2) is 0 Å². The number of thiazole rings is 1. The van der Waals surface area contributed by atoms with E-state index in [9.17, 15) is 14.4 Å². The second-order valence-electron chi connectivity index (χ2n) is 9.34. The lowest BCUT2D eigenvalue weighted by atomic mass is 9.92. The van der Waals surface area contributed by atoms with Crippen LogP contribution in [0, 0.1) is 0 Å². The Morgan fingerprint density at radius 2 is 1.97 bits per heavy atom. The summed E-state index contributed by atoms with van der Waals surface area (Å²) in [4.78, 5) is 46.8. The Morgan fingerprint density at radius 3 is 2.77 bits per heavy atom. The third-order valence-electron chi connectivity index (χ3n) is 6.81. The zero-order chi connectivity index (χ0) is 24.6. The van der Waals surface area contributed by atoms with Gasteiger partial charge in [0.05, 0.1) is 22.3 Å². The molecule has 2 aromatic carbocycles. The van der Waals surface area contributed by atoms with Gasteiger partial charge in [0.25, 0.3) is 5.91 Å². The number of nitrogens with zero attached hydrogens (tertiary/aromatic N) is 3. The number of likely N-dealkylation sites (tertiary alicyclic amines) is 1. The molecule has 2 aliphatic rings. The minimum absolute atomic E-state index is 0.156. The molecule has 1 aromatic heterocycles. The zero-order valence-corrected chi connectivity index (χ0v) is 20.6. The molecule has 0 unspecified atom stereocenters. The number of ether oxygens (including phenoxy) is 1. The number of methoxy groups -OCH3 is 1. The summed E-state index contributed by atoms with van der Waals surface area (Å²) >= 11 is 1.67. The summed E-state index contributed by atoms with van der Waals surface area (Å²) in [6.45, 7) is 2.58. The molecule has 3 heterocycles. The fourth-order valence-corrected chi connectivity index (χ4v) is 6.04. The SMILES string of the molecule is COc1ccccc1C[C@]1(C)NC(=O)N(CC(=O)N2CCC[C@@H](c3nc4ccccc4s3)C2)C1=O. The van der Waals surface area contributed by atoms with Gasteiger partial charge >= 0.3 is 6.03 Å². The monoisotopic (exact) mass is 492 g/mol. The van der Waals surface area contributed by atoms with Crippen molar-refractivity contribution in [3.63, 3.8) is 0 Å². The van der Waals surface area contributed by atoms with Gasteiger partial charge < -0.3 is 15.0 Å². The lowest BCUT2D eigenvalue weighted by molar-refractivity contribution is -0.139. The number of hydrogen-bond donors (Lipinski definition) is 1. The standard InChI is InChI=1S/C26H28N4O4S/c1-26(14-17-8-3-5-11-20(17)34-2)24(32)30(25(33)28-26)16-22(31)29-13-7-9-18(15-29)23-27-19-10-4-6-12-21(19)35-23/h3-6,8,10-12,18H,7,9,13-16H2,1-2H3,(H,28,33)/t18-,26+/m1/s1. The molecule has 0 spiro atoms. The maximum absolute atomic E-state index is 13.3. The van der Waals surface area contributed by atoms with Crippen molar-refractivity contribution in [1.82, 2.24) is 20.1 Å². The first kappa shape index (κ1) is 23.3. The molecule has 35 heavy (non-hydrogen) atoms. The highest BCUT2D eigenvalue weighted by Gasteiger charge is 2.49. The summed E-state index contributed by atoms with van der Waals surface area (Å²) in [5.74, 6) is 0.186. The summed E-state index contributed by atoms with van der Waals surface area (Å²) in [5, 5.41) is 3.82. The minimum atomic E-state index is -1.14. The smallest absolute Gasteiger partial charge is 0.325 e. The van der Waals surface area contributed by atoms with Crippen LogP contribution < -0.4 is 10.1 Å². The number of hydrogen-bond acceptors (Lipinski definition) is 6. The number of amides is 4. The van der Waals surface area contributed by atoms with Crippen LogP contribution in [0.2, 0.25) is 0 Å². The Morgan fingerprint density at radius 1 is 1.20 bits per heavy atom. The third-order valence-corrected chi connectivity index (χ3v) is 8.01. The van der Waals surface area contributed by atoms with Crippen molar-refractivity contribution in [2.75, 3.05) is 26.7 Å². The molecule has 2 atom stereocenters. The van der Waals surface area contributed by atoms with Crippen molar-refractivity contribution < 1.29 is 19.1 Å². The number of fused-ring (bicyclic) bond motifs is 1. The number of aromatic nitrogens is 1. The van der Waals surface area contributed by atoms with Crippen molar-refractivity contribution in [2.24, 2.45) is 0 Å². The van der Waals surface area contributed by atoms with Crippen LogP contribution >= 0.6 is 11.3 Å². The summed E-state index contributed by atoms with van der Waals surface area (Å²) in [7, 11) is 1.57. The first-order chi connectivity index (χ1) is 16.9. The molecule has 2 fully saturated rings. The fourth-order valence-electron chi connectivity index (χ4n) is 4.95. The topological polar surface area (TPSA) is 91.8 Å². The predicted octanol–water partition coefficient (Wildman–Crippen LogP) is 3.56. The Labute approximate surface area is 207 Å². The van der Waals surface area contributed by atoms with Crippen LogP contribution in [0.1, 0.15) is 36.3 Å². The number of para-hydroxylation sites is 2. The van der Waals surface area contributed by atoms with Gasteiger partial charge in [-0.15, -0.1) is 11.3 Å². The molecule has 182 valence electrons. The highest BCUT2D eigenvalue weighted by molar-refractivity contribution is 7.18. The lowest BCUT2D eigenvalue weighted by Gasteiger charge is -2.32. The quantitative estimate of drug-likeness (QED) is 0.531. The average Bonchev–Trinajstić information content (AvgIpc) is 3.39. The average molecular weight is 493 g/mol. The van der Waals surface area contributed by atoms with Crippen LogP contribution in [0.5, 0.6) is 5.75 Å². The highest BCUT2D eigenvalue weighted by Crippen LogP contribution is 2.33.